The van der Waals surface area contributed by atoms with E-state index in [1.807, 2.05) is 6.08 Å². The molecule has 1 fully saturated rings. The van der Waals surface area contributed by atoms with Crippen LogP contribution < -0.4 is 5.32 Å². The van der Waals surface area contributed by atoms with Gasteiger partial charge in [-0.25, -0.2) is 4.57 Å². The lowest BCUT2D eigenvalue weighted by Crippen LogP contribution is -2.64. The Balaban J connectivity index is 2.73. The van der Waals surface area contributed by atoms with E-state index < -0.39 is 75.2 Å². The molecule has 0 aromatic heterocycles. The number of carbonyl (C=O) groups is 1. The van der Waals surface area contributed by atoms with Crippen molar-refractivity contribution in [2.45, 2.75) is 165 Å². The Labute approximate surface area is 274 Å². The topological polar surface area (TPSA) is 226 Å². The smallest absolute Gasteiger partial charge is 0.393 e. The van der Waals surface area contributed by atoms with Crippen LogP contribution in [-0.2, 0) is 18.4 Å². The van der Waals surface area contributed by atoms with Crippen LogP contribution in [0.5, 0.6) is 0 Å². The van der Waals surface area contributed by atoms with Crippen molar-refractivity contribution in [3.63, 3.8) is 0 Å². The summed E-state index contributed by atoms with van der Waals surface area (Å²) in [5.41, 5.74) is 0. The molecule has 1 aliphatic carbocycles. The van der Waals surface area contributed by atoms with E-state index >= 15 is 0 Å². The molecule has 46 heavy (non-hydrogen) atoms. The molecular weight excluding hydrogens is 621 g/mol. The highest BCUT2D eigenvalue weighted by molar-refractivity contribution is 7.47. The maximum absolute atomic E-state index is 12.8. The van der Waals surface area contributed by atoms with Crippen LogP contribution in [0.3, 0.4) is 0 Å². The van der Waals surface area contributed by atoms with Gasteiger partial charge in [0.25, 0.3) is 0 Å². The van der Waals surface area contributed by atoms with Crippen molar-refractivity contribution in [1.29, 1.82) is 0 Å². The molecule has 0 saturated heterocycles. The molecule has 0 aromatic carbocycles. The zero-order valence-electron chi connectivity index (χ0n) is 27.5. The minimum atomic E-state index is -5.12. The van der Waals surface area contributed by atoms with Gasteiger partial charge in [-0.3, -0.25) is 13.8 Å². The predicted molar refractivity (Wildman–Crippen MR) is 174 cm³/mol. The second-order valence-electron chi connectivity index (χ2n) is 12.2. The molecule has 1 amide bonds. The quantitative estimate of drug-likeness (QED) is 0.0385. The molecule has 0 aliphatic heterocycles. The highest BCUT2D eigenvalue weighted by Gasteiger charge is 2.51. The van der Waals surface area contributed by atoms with E-state index in [2.05, 4.69) is 25.2 Å². The summed E-state index contributed by atoms with van der Waals surface area (Å²) in [6.45, 7) is 3.51. The van der Waals surface area contributed by atoms with Gasteiger partial charge >= 0.3 is 7.82 Å². The lowest BCUT2D eigenvalue weighted by atomic mass is 9.85. The number of hydrogen-bond donors (Lipinski definition) is 9. The number of phosphoric acid groups is 1. The molecule has 13 nitrogen and oxygen atoms in total. The van der Waals surface area contributed by atoms with Gasteiger partial charge in [0, 0.05) is 0 Å². The van der Waals surface area contributed by atoms with Crippen LogP contribution in [0.1, 0.15) is 110 Å². The average Bonchev–Trinajstić information content (AvgIpc) is 3.01. The third kappa shape index (κ3) is 17.3. The number of aliphatic hydroxyl groups excluding tert-OH is 7. The number of phosphoric ester groups is 1. The van der Waals surface area contributed by atoms with Crippen molar-refractivity contribution in [2.75, 3.05) is 6.61 Å². The number of allylic oxidation sites excluding steroid dienone is 3. The Morgan fingerprint density at radius 2 is 1.28 bits per heavy atom. The number of amides is 1. The zero-order valence-corrected chi connectivity index (χ0v) is 28.4. The Kier molecular flexibility index (Phi) is 22.3. The summed E-state index contributed by atoms with van der Waals surface area (Å²) in [5, 5.41) is 73.4. The van der Waals surface area contributed by atoms with E-state index in [0.29, 0.717) is 12.8 Å². The molecule has 1 aliphatic rings. The first-order valence-corrected chi connectivity index (χ1v) is 18.4. The van der Waals surface area contributed by atoms with Crippen LogP contribution in [-0.4, -0.2) is 108 Å². The fraction of sp³-hybridized carbons (Fsp3) is 0.844. The van der Waals surface area contributed by atoms with Crippen LogP contribution in [0.4, 0.5) is 0 Å². The molecular formula is C32H60NO12P. The van der Waals surface area contributed by atoms with E-state index in [-0.39, 0.29) is 6.42 Å². The minimum Gasteiger partial charge on any atom is -0.393 e. The van der Waals surface area contributed by atoms with Gasteiger partial charge in [0.2, 0.25) is 5.91 Å². The second-order valence-corrected chi connectivity index (χ2v) is 13.6. The van der Waals surface area contributed by atoms with Crippen molar-refractivity contribution in [1.82, 2.24) is 5.32 Å². The van der Waals surface area contributed by atoms with E-state index in [1.165, 1.54) is 38.2 Å². The van der Waals surface area contributed by atoms with Crippen LogP contribution in [0.15, 0.2) is 24.3 Å². The van der Waals surface area contributed by atoms with Crippen molar-refractivity contribution in [3.8, 4) is 0 Å². The summed E-state index contributed by atoms with van der Waals surface area (Å²) < 4.78 is 22.5. The van der Waals surface area contributed by atoms with Gasteiger partial charge in [0.1, 0.15) is 36.6 Å². The summed E-state index contributed by atoms with van der Waals surface area (Å²) in [7, 11) is -5.12. The highest BCUT2D eigenvalue weighted by Crippen LogP contribution is 2.47. The fourth-order valence-electron chi connectivity index (χ4n) is 5.14. The van der Waals surface area contributed by atoms with Crippen LogP contribution >= 0.6 is 7.82 Å². The van der Waals surface area contributed by atoms with Gasteiger partial charge in [-0.05, 0) is 25.7 Å². The summed E-state index contributed by atoms with van der Waals surface area (Å²) in [5.74, 6) is -0.612. The molecule has 0 radical (unpaired) electrons. The molecule has 8 atom stereocenters. The monoisotopic (exact) mass is 681 g/mol. The average molecular weight is 682 g/mol. The lowest BCUT2D eigenvalue weighted by Gasteiger charge is -2.41. The van der Waals surface area contributed by atoms with Crippen molar-refractivity contribution < 1.29 is 59.0 Å². The molecule has 270 valence electrons. The van der Waals surface area contributed by atoms with Crippen LogP contribution in [0, 0.1) is 0 Å². The standard InChI is InChI=1S/C32H60NO12P/c1-3-5-7-9-11-12-14-15-17-19-23(34)21-26(36)33-24(25(35)20-18-16-13-10-8-6-4-2)22-44-46(42,43)45-32-30(40)28(38)27(37)29(39)31(32)41/h8,10,18,20,23-25,27-32,34-35,37-41H,3-7,9,11-17,19,21-22H2,1-2H3,(H,33,36)(H,42,43)/b10-8+,20-18+. The predicted octanol–water partition coefficient (Wildman–Crippen LogP) is 2.52. The molecule has 8 unspecified atom stereocenters. The van der Waals surface area contributed by atoms with Crippen LogP contribution in [0.2, 0.25) is 0 Å². The van der Waals surface area contributed by atoms with E-state index in [9.17, 15) is 50.0 Å². The number of aliphatic hydroxyl groups is 7. The van der Waals surface area contributed by atoms with Gasteiger partial charge in [-0.1, -0.05) is 102 Å². The third-order valence-corrected chi connectivity index (χ3v) is 9.01. The summed E-state index contributed by atoms with van der Waals surface area (Å²) in [6, 6.07) is -1.25. The number of carbonyl (C=O) groups excluding carboxylic acids is 1. The van der Waals surface area contributed by atoms with Crippen molar-refractivity contribution in [3.05, 3.63) is 24.3 Å². The van der Waals surface area contributed by atoms with E-state index in [1.54, 1.807) is 6.08 Å². The number of rotatable bonds is 25. The first kappa shape index (κ1) is 42.8. The first-order chi connectivity index (χ1) is 21.8. The normalized spacial score (nSPS) is 27.1. The fourth-order valence-corrected chi connectivity index (χ4v) is 6.11. The Bertz CT molecular complexity index is 906. The zero-order chi connectivity index (χ0) is 34.5. The van der Waals surface area contributed by atoms with Gasteiger partial charge < -0.3 is 46.0 Å². The molecule has 0 bridgehead atoms. The van der Waals surface area contributed by atoms with Gasteiger partial charge in [-0.15, -0.1) is 0 Å². The lowest BCUT2D eigenvalue weighted by molar-refractivity contribution is -0.220. The van der Waals surface area contributed by atoms with Gasteiger partial charge in [0.15, 0.2) is 0 Å². The molecule has 1 rings (SSSR count). The molecule has 0 spiro atoms. The number of hydrogen-bond acceptors (Lipinski definition) is 11. The summed E-state index contributed by atoms with van der Waals surface area (Å²) in [6.07, 6.45) is 6.46. The maximum atomic E-state index is 12.8. The number of unbranched alkanes of at least 4 members (excludes halogenated alkanes) is 10. The summed E-state index contributed by atoms with van der Waals surface area (Å²) in [4.78, 5) is 23.0. The second kappa shape index (κ2) is 24.0. The first-order valence-electron chi connectivity index (χ1n) is 16.9. The minimum absolute atomic E-state index is 0.252. The van der Waals surface area contributed by atoms with E-state index in [0.717, 1.165) is 44.9 Å². The Morgan fingerprint density at radius 3 is 1.87 bits per heavy atom. The Morgan fingerprint density at radius 1 is 0.761 bits per heavy atom. The molecule has 1 saturated carbocycles. The van der Waals surface area contributed by atoms with Gasteiger partial charge in [-0.2, -0.15) is 0 Å². The number of nitrogens with one attached hydrogen (secondary N) is 1. The van der Waals surface area contributed by atoms with Crippen LogP contribution in [0.25, 0.3) is 0 Å². The summed E-state index contributed by atoms with van der Waals surface area (Å²) >= 11 is 0. The highest BCUT2D eigenvalue weighted by atomic mass is 31.2. The van der Waals surface area contributed by atoms with Crippen molar-refractivity contribution >= 4 is 13.7 Å². The van der Waals surface area contributed by atoms with Crippen molar-refractivity contribution in [2.24, 2.45) is 0 Å². The molecule has 14 heteroatoms. The SMILES string of the molecule is CCC/C=C/CC/C=C/C(O)C(COP(=O)(O)OC1C(O)C(O)C(O)C(O)C1O)NC(=O)CC(O)CCCCCCCCCCC. The van der Waals surface area contributed by atoms with E-state index in [4.69, 9.17) is 9.05 Å². The maximum Gasteiger partial charge on any atom is 0.472 e. The Hall–Kier alpha value is -1.22. The molecule has 0 heterocycles. The molecule has 9 N–H and O–H groups in total. The third-order valence-electron chi connectivity index (χ3n) is 8.02. The largest absolute Gasteiger partial charge is 0.472 e. The van der Waals surface area contributed by atoms with Gasteiger partial charge in [0.05, 0.1) is 31.3 Å². The molecule has 0 aromatic rings.